The molecule has 1 N–H and O–H groups in total. The zero-order valence-electron chi connectivity index (χ0n) is 15.9. The Balaban J connectivity index is 1.53. The second-order valence-corrected chi connectivity index (χ2v) is 8.42. The van der Waals surface area contributed by atoms with Gasteiger partial charge in [0.05, 0.1) is 12.1 Å². The van der Waals surface area contributed by atoms with Gasteiger partial charge in [-0.2, -0.15) is 0 Å². The Morgan fingerprint density at radius 2 is 2.00 bits per heavy atom. The lowest BCUT2D eigenvalue weighted by Crippen LogP contribution is -2.14. The molecular weight excluding hydrogens is 388 g/mol. The molecule has 5 nitrogen and oxygen atoms in total. The maximum atomic E-state index is 12.4. The second-order valence-electron chi connectivity index (χ2n) is 6.60. The first-order valence-corrected chi connectivity index (χ1v) is 10.7. The average Bonchev–Trinajstić information content (AvgIpc) is 3.38. The Labute approximate surface area is 171 Å². The highest BCUT2D eigenvalue weighted by atomic mass is 32.1. The number of carbonyl (C=O) groups excluding carboxylic acids is 1. The van der Waals surface area contributed by atoms with Crippen molar-refractivity contribution in [1.29, 1.82) is 0 Å². The number of thiazole rings is 2. The summed E-state index contributed by atoms with van der Waals surface area (Å²) < 4.78 is 2.14. The van der Waals surface area contributed by atoms with Gasteiger partial charge in [-0.3, -0.25) is 9.36 Å². The zero-order valence-corrected chi connectivity index (χ0v) is 17.5. The van der Waals surface area contributed by atoms with Gasteiger partial charge in [-0.15, -0.1) is 22.7 Å². The van der Waals surface area contributed by atoms with Crippen LogP contribution in [0.3, 0.4) is 0 Å². The number of aromatic nitrogens is 3. The van der Waals surface area contributed by atoms with Crippen LogP contribution in [0.2, 0.25) is 0 Å². The average molecular weight is 409 g/mol. The summed E-state index contributed by atoms with van der Waals surface area (Å²) in [6.07, 6.45) is 2.08. The lowest BCUT2D eigenvalue weighted by Gasteiger charge is -2.06. The molecule has 0 aliphatic rings. The molecule has 28 heavy (non-hydrogen) atoms. The number of hydrogen-bond acceptors (Lipinski definition) is 5. The third-order valence-electron chi connectivity index (χ3n) is 4.60. The summed E-state index contributed by atoms with van der Waals surface area (Å²) in [6.45, 7) is 6.13. The molecule has 3 heterocycles. The van der Waals surface area contributed by atoms with E-state index in [0.717, 1.165) is 44.0 Å². The first-order valence-electron chi connectivity index (χ1n) is 8.92. The number of anilines is 1. The van der Waals surface area contributed by atoms with Crippen molar-refractivity contribution < 1.29 is 4.79 Å². The number of nitrogens with one attached hydrogen (secondary N) is 1. The largest absolute Gasteiger partial charge is 0.325 e. The van der Waals surface area contributed by atoms with Crippen LogP contribution in [0.1, 0.15) is 22.0 Å². The highest BCUT2D eigenvalue weighted by Crippen LogP contribution is 2.31. The number of para-hydroxylation sites is 1. The molecule has 0 saturated heterocycles. The van der Waals surface area contributed by atoms with Crippen LogP contribution in [-0.2, 0) is 11.2 Å². The van der Waals surface area contributed by atoms with Crippen molar-refractivity contribution >= 4 is 34.3 Å². The van der Waals surface area contributed by atoms with E-state index >= 15 is 0 Å². The zero-order chi connectivity index (χ0) is 19.7. The molecule has 0 bridgehead atoms. The summed E-state index contributed by atoms with van der Waals surface area (Å²) in [4.78, 5) is 21.5. The van der Waals surface area contributed by atoms with E-state index in [-0.39, 0.29) is 12.3 Å². The minimum absolute atomic E-state index is 0.0524. The number of hydrogen-bond donors (Lipinski definition) is 1. The predicted octanol–water partition coefficient (Wildman–Crippen LogP) is 5.16. The highest BCUT2D eigenvalue weighted by molar-refractivity contribution is 7.12. The van der Waals surface area contributed by atoms with Crippen molar-refractivity contribution in [2.24, 2.45) is 0 Å². The van der Waals surface area contributed by atoms with Crippen LogP contribution in [-0.4, -0.2) is 20.4 Å². The lowest BCUT2D eigenvalue weighted by molar-refractivity contribution is -0.115. The molecule has 0 fully saturated rings. The predicted molar refractivity (Wildman–Crippen MR) is 116 cm³/mol. The molecule has 0 saturated carbocycles. The minimum atomic E-state index is -0.0524. The van der Waals surface area contributed by atoms with E-state index in [2.05, 4.69) is 34.8 Å². The maximum absolute atomic E-state index is 12.4. The Bertz CT molecular complexity index is 1130. The fraction of sp³-hybridized carbons (Fsp3) is 0.190. The fourth-order valence-electron chi connectivity index (χ4n) is 3.20. The highest BCUT2D eigenvalue weighted by Gasteiger charge is 2.17. The molecule has 0 aliphatic carbocycles. The fourth-order valence-corrected chi connectivity index (χ4v) is 4.75. The third kappa shape index (κ3) is 3.63. The van der Waals surface area contributed by atoms with Crippen LogP contribution in [0.4, 0.5) is 5.69 Å². The molecule has 0 radical (unpaired) electrons. The molecule has 4 rings (SSSR count). The molecule has 142 valence electrons. The quantitative estimate of drug-likeness (QED) is 0.496. The van der Waals surface area contributed by atoms with E-state index in [1.54, 1.807) is 11.3 Å². The van der Waals surface area contributed by atoms with E-state index in [9.17, 15) is 4.79 Å². The molecule has 0 spiro atoms. The van der Waals surface area contributed by atoms with Gasteiger partial charge in [-0.05, 0) is 38.5 Å². The van der Waals surface area contributed by atoms with Crippen LogP contribution >= 0.6 is 22.7 Å². The van der Waals surface area contributed by atoms with Gasteiger partial charge in [-0.25, -0.2) is 9.97 Å². The first-order chi connectivity index (χ1) is 13.5. The Morgan fingerprint density at radius 3 is 2.75 bits per heavy atom. The van der Waals surface area contributed by atoms with Crippen LogP contribution in [0.15, 0.2) is 47.3 Å². The van der Waals surface area contributed by atoms with Gasteiger partial charge >= 0.3 is 0 Å². The number of benzene rings is 1. The Morgan fingerprint density at radius 1 is 1.18 bits per heavy atom. The van der Waals surface area contributed by atoms with Crippen molar-refractivity contribution in [3.05, 3.63) is 69.2 Å². The molecule has 1 amide bonds. The molecule has 3 aromatic heterocycles. The number of amides is 1. The topological polar surface area (TPSA) is 59.8 Å². The van der Waals surface area contributed by atoms with Gasteiger partial charge in [0.2, 0.25) is 5.91 Å². The van der Waals surface area contributed by atoms with E-state index in [1.165, 1.54) is 11.3 Å². The summed E-state index contributed by atoms with van der Waals surface area (Å²) in [7, 11) is 0. The number of carbonyl (C=O) groups is 1. The molecule has 0 aliphatic heterocycles. The third-order valence-corrected chi connectivity index (χ3v) is 6.21. The van der Waals surface area contributed by atoms with Crippen LogP contribution < -0.4 is 5.32 Å². The van der Waals surface area contributed by atoms with Gasteiger partial charge in [0.15, 0.2) is 5.13 Å². The van der Waals surface area contributed by atoms with E-state index in [4.69, 9.17) is 4.98 Å². The summed E-state index contributed by atoms with van der Waals surface area (Å²) in [5.74, 6) is -0.0524. The van der Waals surface area contributed by atoms with Crippen LogP contribution in [0.5, 0.6) is 0 Å². The summed E-state index contributed by atoms with van der Waals surface area (Å²) in [5.41, 5.74) is 6.10. The number of rotatable bonds is 5. The Hall–Kier alpha value is -2.77. The van der Waals surface area contributed by atoms with Crippen LogP contribution in [0.25, 0.3) is 16.4 Å². The van der Waals surface area contributed by atoms with E-state index in [1.807, 2.05) is 48.1 Å². The molecule has 7 heteroatoms. The van der Waals surface area contributed by atoms with Crippen molar-refractivity contribution in [2.75, 3.05) is 5.32 Å². The van der Waals surface area contributed by atoms with Gasteiger partial charge in [0.25, 0.3) is 0 Å². The van der Waals surface area contributed by atoms with Gasteiger partial charge in [0, 0.05) is 39.6 Å². The monoisotopic (exact) mass is 408 g/mol. The van der Waals surface area contributed by atoms with E-state index < -0.39 is 0 Å². The Kier molecular flexibility index (Phi) is 5.11. The minimum Gasteiger partial charge on any atom is -0.325 e. The normalized spacial score (nSPS) is 11.0. The lowest BCUT2D eigenvalue weighted by atomic mass is 10.2. The molecule has 1 aromatic carbocycles. The van der Waals surface area contributed by atoms with Gasteiger partial charge in [-0.1, -0.05) is 18.2 Å². The summed E-state index contributed by atoms with van der Waals surface area (Å²) in [5, 5.41) is 8.72. The summed E-state index contributed by atoms with van der Waals surface area (Å²) in [6, 6.07) is 9.90. The second kappa shape index (κ2) is 7.69. The molecular formula is C21H20N4OS2. The summed E-state index contributed by atoms with van der Waals surface area (Å²) >= 11 is 3.12. The van der Waals surface area contributed by atoms with Gasteiger partial charge in [0.1, 0.15) is 5.01 Å². The van der Waals surface area contributed by atoms with Crippen molar-refractivity contribution in [1.82, 2.24) is 14.5 Å². The number of nitrogens with zero attached hydrogens (tertiary/aromatic N) is 3. The van der Waals surface area contributed by atoms with Crippen molar-refractivity contribution in [3.63, 3.8) is 0 Å². The smallest absolute Gasteiger partial charge is 0.231 e. The maximum Gasteiger partial charge on any atom is 0.231 e. The molecule has 4 aromatic rings. The number of aryl methyl sites for hydroxylation is 2. The molecule has 0 unspecified atom stereocenters. The first kappa shape index (κ1) is 18.6. The standard InChI is InChI=1S/C21H20N4OS2/c1-13-6-4-5-7-17(13)23-19(26)11-20-24-18(12-28-20)16-10-14(2)25(15(16)3)21-22-8-9-27-21/h4-10,12H,11H2,1-3H3,(H,23,26). The van der Waals surface area contributed by atoms with Crippen molar-refractivity contribution in [2.45, 2.75) is 27.2 Å². The van der Waals surface area contributed by atoms with Crippen LogP contribution in [0, 0.1) is 20.8 Å². The SMILES string of the molecule is Cc1ccccc1NC(=O)Cc1nc(-c2cc(C)n(-c3nccs3)c2C)cs1. The van der Waals surface area contributed by atoms with Crippen molar-refractivity contribution in [3.8, 4) is 16.4 Å². The molecule has 0 atom stereocenters. The van der Waals surface area contributed by atoms with Gasteiger partial charge < -0.3 is 5.32 Å². The van der Waals surface area contributed by atoms with E-state index in [0.29, 0.717) is 0 Å².